The lowest BCUT2D eigenvalue weighted by atomic mass is 9.82. The average molecular weight is 600 g/mol. The predicted molar refractivity (Wildman–Crippen MR) is 156 cm³/mol. The molecule has 2 saturated carbocycles. The molecule has 5 rings (SSSR count). The Morgan fingerprint density at radius 3 is 2.37 bits per heavy atom. The maximum Gasteiger partial charge on any atom is 0.235 e. The van der Waals surface area contributed by atoms with Crippen LogP contribution in [0.1, 0.15) is 48.8 Å². The Labute approximate surface area is 234 Å². The Morgan fingerprint density at radius 2 is 1.82 bits per heavy atom. The molecule has 10 heteroatoms. The fourth-order valence-corrected chi connectivity index (χ4v) is 6.51. The summed E-state index contributed by atoms with van der Waals surface area (Å²) in [6.45, 7) is 12.4. The molecule has 0 aliphatic heterocycles. The van der Waals surface area contributed by atoms with Crippen molar-refractivity contribution in [2.45, 2.75) is 77.9 Å². The highest BCUT2D eigenvalue weighted by molar-refractivity contribution is 9.10. The van der Waals surface area contributed by atoms with Gasteiger partial charge in [0.05, 0.1) is 5.69 Å². The van der Waals surface area contributed by atoms with E-state index in [1.807, 2.05) is 23.7 Å². The Balaban J connectivity index is 1.28. The molecule has 2 aliphatic carbocycles. The number of aromatic amines is 1. The lowest BCUT2D eigenvalue weighted by Gasteiger charge is -2.24. The van der Waals surface area contributed by atoms with E-state index in [1.54, 1.807) is 0 Å². The second-order valence-corrected chi connectivity index (χ2v) is 18.5. The Bertz CT molecular complexity index is 1260. The molecule has 3 aromatic rings. The van der Waals surface area contributed by atoms with Crippen LogP contribution in [0.2, 0.25) is 25.7 Å². The minimum atomic E-state index is -1.12. The van der Waals surface area contributed by atoms with Gasteiger partial charge in [0.15, 0.2) is 0 Å². The van der Waals surface area contributed by atoms with Crippen LogP contribution in [-0.2, 0) is 16.3 Å². The van der Waals surface area contributed by atoms with Crippen molar-refractivity contribution in [2.75, 3.05) is 11.9 Å². The summed E-state index contributed by atoms with van der Waals surface area (Å²) in [5.74, 6) is 1.84. The monoisotopic (exact) mass is 598 g/mol. The van der Waals surface area contributed by atoms with Crippen LogP contribution in [0.25, 0.3) is 11.1 Å². The van der Waals surface area contributed by atoms with Gasteiger partial charge >= 0.3 is 0 Å². The molecule has 204 valence electrons. The van der Waals surface area contributed by atoms with Gasteiger partial charge in [-0.1, -0.05) is 31.8 Å². The number of benzene rings is 1. The number of hydrogen-bond donors (Lipinski definition) is 2. The molecule has 2 aromatic heterocycles. The fourth-order valence-electron chi connectivity index (χ4n) is 5.47. The molecule has 1 atom stereocenters. The topological polar surface area (TPSA) is 97.7 Å². The number of ether oxygens (including phenoxy) is 1. The maximum absolute atomic E-state index is 13.6. The fraction of sp³-hybridized carbons (Fsp3) is 0.571. The van der Waals surface area contributed by atoms with Crippen molar-refractivity contribution in [3.63, 3.8) is 0 Å². The summed E-state index contributed by atoms with van der Waals surface area (Å²) in [4.78, 5) is 18.1. The van der Waals surface area contributed by atoms with Crippen LogP contribution in [-0.4, -0.2) is 45.5 Å². The van der Waals surface area contributed by atoms with Crippen LogP contribution in [0, 0.1) is 31.6 Å². The molecule has 2 aliphatic rings. The normalized spacial score (nSPS) is 16.7. The number of nitrogens with one attached hydrogen (secondary N) is 2. The minimum absolute atomic E-state index is 0.0131. The van der Waals surface area contributed by atoms with Gasteiger partial charge in [0.2, 0.25) is 10.6 Å². The summed E-state index contributed by atoms with van der Waals surface area (Å²) in [6.07, 6.45) is 4.80. The number of carbonyl (C=O) groups is 1. The van der Waals surface area contributed by atoms with Crippen molar-refractivity contribution in [1.29, 1.82) is 0 Å². The number of rotatable bonds is 12. The van der Waals surface area contributed by atoms with Crippen LogP contribution in [0.5, 0.6) is 0 Å². The average Bonchev–Trinajstić information content (AvgIpc) is 3.79. The smallest absolute Gasteiger partial charge is 0.235 e. The number of aryl methyl sites for hydroxylation is 1. The van der Waals surface area contributed by atoms with Gasteiger partial charge in [-0.25, -0.2) is 9.67 Å². The summed E-state index contributed by atoms with van der Waals surface area (Å²) in [6, 6.07) is 9.21. The van der Waals surface area contributed by atoms with E-state index in [-0.39, 0.29) is 11.8 Å². The van der Waals surface area contributed by atoms with Gasteiger partial charge in [-0.05, 0) is 97.0 Å². The van der Waals surface area contributed by atoms with E-state index in [1.165, 1.54) is 25.7 Å². The lowest BCUT2D eigenvalue weighted by molar-refractivity contribution is -0.119. The molecule has 1 amide bonds. The highest BCUT2D eigenvalue weighted by Gasteiger charge is 2.49. The van der Waals surface area contributed by atoms with E-state index in [4.69, 9.17) is 9.84 Å². The van der Waals surface area contributed by atoms with E-state index in [0.717, 1.165) is 40.9 Å². The molecule has 0 bridgehead atoms. The van der Waals surface area contributed by atoms with Gasteiger partial charge in [0, 0.05) is 31.6 Å². The quantitative estimate of drug-likeness (QED) is 0.183. The molecule has 38 heavy (non-hydrogen) atoms. The summed E-state index contributed by atoms with van der Waals surface area (Å²) < 4.78 is 8.38. The van der Waals surface area contributed by atoms with E-state index >= 15 is 0 Å². The first kappa shape index (κ1) is 27.3. The first-order chi connectivity index (χ1) is 18.1. The van der Waals surface area contributed by atoms with Crippen molar-refractivity contribution in [3.8, 4) is 11.1 Å². The maximum atomic E-state index is 13.6. The zero-order valence-corrected chi connectivity index (χ0v) is 25.6. The van der Waals surface area contributed by atoms with Crippen molar-refractivity contribution in [3.05, 3.63) is 46.2 Å². The molecule has 8 nitrogen and oxygen atoms in total. The van der Waals surface area contributed by atoms with Gasteiger partial charge in [0.1, 0.15) is 18.5 Å². The van der Waals surface area contributed by atoms with Crippen LogP contribution in [0.4, 0.5) is 5.69 Å². The molecule has 0 spiro atoms. The molecule has 2 fully saturated rings. The molecule has 1 aromatic carbocycles. The number of nitrogens with zero attached hydrogens (tertiary/aromatic N) is 4. The second-order valence-electron chi connectivity index (χ2n) is 12.2. The van der Waals surface area contributed by atoms with E-state index in [0.29, 0.717) is 35.0 Å². The zero-order chi connectivity index (χ0) is 27.0. The second kappa shape index (κ2) is 11.1. The van der Waals surface area contributed by atoms with E-state index < -0.39 is 8.07 Å². The summed E-state index contributed by atoms with van der Waals surface area (Å²) in [5, 5.41) is 15.1. The molecule has 2 N–H and O–H groups in total. The van der Waals surface area contributed by atoms with Gasteiger partial charge in [-0.2, -0.15) is 5.10 Å². The first-order valence-electron chi connectivity index (χ1n) is 13.7. The lowest BCUT2D eigenvalue weighted by Crippen LogP contribution is -2.31. The standard InChI is InChI=1S/C28H39BrN6O2Si/c1-17-23(18(2)35(34-17)16-37-14-15-38(3,4)5)19-10-12-22(13-11-19)30-27(36)25(26-31-28(29)33-32-26)24(20-6-7-20)21-8-9-21/h10-13,20-21,24-25H,6-9,14-16H2,1-5H3,(H,30,36)(H,31,32,33). The molecule has 2 heterocycles. The highest BCUT2D eigenvalue weighted by Crippen LogP contribution is 2.54. The molecule has 0 radical (unpaired) electrons. The summed E-state index contributed by atoms with van der Waals surface area (Å²) >= 11 is 3.34. The molecule has 1 unspecified atom stereocenters. The third-order valence-electron chi connectivity index (χ3n) is 7.80. The van der Waals surface area contributed by atoms with Crippen molar-refractivity contribution < 1.29 is 9.53 Å². The van der Waals surface area contributed by atoms with Gasteiger partial charge in [-0.15, -0.1) is 5.10 Å². The third-order valence-corrected chi connectivity index (χ3v) is 9.86. The Hall–Kier alpha value is -2.30. The number of carbonyl (C=O) groups excluding carboxylic acids is 1. The summed E-state index contributed by atoms with van der Waals surface area (Å²) in [7, 11) is -1.12. The molecular weight excluding hydrogens is 560 g/mol. The molecular formula is C28H39BrN6O2Si. The van der Waals surface area contributed by atoms with E-state index in [2.05, 4.69) is 75.1 Å². The predicted octanol–water partition coefficient (Wildman–Crippen LogP) is 6.52. The minimum Gasteiger partial charge on any atom is -0.360 e. The Morgan fingerprint density at radius 1 is 1.16 bits per heavy atom. The zero-order valence-electron chi connectivity index (χ0n) is 23.1. The van der Waals surface area contributed by atoms with Crippen LogP contribution in [0.3, 0.4) is 0 Å². The number of amides is 1. The van der Waals surface area contributed by atoms with Gasteiger partial charge < -0.3 is 10.1 Å². The first-order valence-corrected chi connectivity index (χ1v) is 18.2. The largest absolute Gasteiger partial charge is 0.360 e. The van der Waals surface area contributed by atoms with Crippen LogP contribution >= 0.6 is 15.9 Å². The van der Waals surface area contributed by atoms with Crippen molar-refractivity contribution >= 4 is 35.6 Å². The van der Waals surface area contributed by atoms with Crippen molar-refractivity contribution in [2.24, 2.45) is 17.8 Å². The van der Waals surface area contributed by atoms with Crippen LogP contribution < -0.4 is 5.32 Å². The van der Waals surface area contributed by atoms with E-state index in [9.17, 15) is 4.79 Å². The Kier molecular flexibility index (Phi) is 7.93. The van der Waals surface area contributed by atoms with Crippen molar-refractivity contribution in [1.82, 2.24) is 25.0 Å². The number of aromatic nitrogens is 5. The highest BCUT2D eigenvalue weighted by atomic mass is 79.9. The van der Waals surface area contributed by atoms with Gasteiger partial charge in [-0.3, -0.25) is 9.89 Å². The SMILES string of the molecule is Cc1nn(COCC[Si](C)(C)C)c(C)c1-c1ccc(NC(=O)C(c2nc(Br)n[nH]2)C(C2CC2)C2CC2)cc1. The number of hydrogen-bond acceptors (Lipinski definition) is 5. The third kappa shape index (κ3) is 6.46. The number of H-pyrrole nitrogens is 1. The number of anilines is 1. The van der Waals surface area contributed by atoms with Crippen LogP contribution in [0.15, 0.2) is 29.0 Å². The number of halogens is 1. The molecule has 0 saturated heterocycles. The summed E-state index contributed by atoms with van der Waals surface area (Å²) in [5.41, 5.74) is 5.03. The van der Waals surface area contributed by atoms with Gasteiger partial charge in [0.25, 0.3) is 0 Å².